The van der Waals surface area contributed by atoms with Crippen molar-refractivity contribution in [3.63, 3.8) is 0 Å². The molecule has 110 valence electrons. The van der Waals surface area contributed by atoms with Crippen LogP contribution in [0.4, 0.5) is 17.5 Å². The first-order valence-corrected chi connectivity index (χ1v) is 7.78. The molecule has 0 spiro atoms. The minimum Gasteiger partial charge on any atom is -0.353 e. The highest BCUT2D eigenvalue weighted by atomic mass is 15.2. The van der Waals surface area contributed by atoms with E-state index >= 15 is 0 Å². The first-order chi connectivity index (χ1) is 10.4. The van der Waals surface area contributed by atoms with Gasteiger partial charge in [-0.15, -0.1) is 0 Å². The zero-order valence-corrected chi connectivity index (χ0v) is 12.5. The average Bonchev–Trinajstić information content (AvgIpc) is 2.56. The maximum atomic E-state index is 4.69. The first-order valence-electron chi connectivity index (χ1n) is 7.78. The van der Waals surface area contributed by atoms with Crippen LogP contribution < -0.4 is 10.2 Å². The van der Waals surface area contributed by atoms with Gasteiger partial charge in [-0.25, -0.2) is 4.98 Å². The van der Waals surface area contributed by atoms with E-state index in [1.54, 1.807) is 0 Å². The predicted octanol–water partition coefficient (Wildman–Crippen LogP) is 3.99. The van der Waals surface area contributed by atoms with E-state index in [1.165, 1.54) is 25.7 Å². The Labute approximate surface area is 126 Å². The van der Waals surface area contributed by atoms with Crippen molar-refractivity contribution in [2.24, 2.45) is 0 Å². The van der Waals surface area contributed by atoms with Crippen LogP contribution in [0.2, 0.25) is 0 Å². The van der Waals surface area contributed by atoms with Gasteiger partial charge < -0.3 is 10.2 Å². The Balaban J connectivity index is 1.79. The van der Waals surface area contributed by atoms with E-state index in [9.17, 15) is 0 Å². The SMILES string of the molecule is CCC1CCCCN1c1ccnc(Nc2ccccc2)n1. The summed E-state index contributed by atoms with van der Waals surface area (Å²) in [5.41, 5.74) is 1.01. The fourth-order valence-electron chi connectivity index (χ4n) is 2.95. The van der Waals surface area contributed by atoms with Crippen LogP contribution in [0.5, 0.6) is 0 Å². The third-order valence-corrected chi connectivity index (χ3v) is 4.06. The highest BCUT2D eigenvalue weighted by Gasteiger charge is 2.22. The smallest absolute Gasteiger partial charge is 0.229 e. The summed E-state index contributed by atoms with van der Waals surface area (Å²) < 4.78 is 0. The van der Waals surface area contributed by atoms with Crippen molar-refractivity contribution in [2.75, 3.05) is 16.8 Å². The molecule has 1 aliphatic rings. The monoisotopic (exact) mass is 282 g/mol. The van der Waals surface area contributed by atoms with Gasteiger partial charge in [-0.2, -0.15) is 4.98 Å². The summed E-state index contributed by atoms with van der Waals surface area (Å²) in [7, 11) is 0. The number of piperidine rings is 1. The Morgan fingerprint density at radius 3 is 2.86 bits per heavy atom. The standard InChI is InChI=1S/C17H22N4/c1-2-15-10-6-7-13-21(15)16-11-12-18-17(20-16)19-14-8-4-3-5-9-14/h3-5,8-9,11-12,15H,2,6-7,10,13H2,1H3,(H,18,19,20). The molecule has 1 saturated heterocycles. The summed E-state index contributed by atoms with van der Waals surface area (Å²) in [5.74, 6) is 1.70. The highest BCUT2D eigenvalue weighted by molar-refractivity contribution is 5.54. The fraction of sp³-hybridized carbons (Fsp3) is 0.412. The minimum absolute atomic E-state index is 0.609. The largest absolute Gasteiger partial charge is 0.353 e. The van der Waals surface area contributed by atoms with Crippen LogP contribution in [0, 0.1) is 0 Å². The van der Waals surface area contributed by atoms with Gasteiger partial charge in [0, 0.05) is 24.5 Å². The Hall–Kier alpha value is -2.10. The molecule has 1 aromatic carbocycles. The molecular formula is C17H22N4. The lowest BCUT2D eigenvalue weighted by molar-refractivity contribution is 0.447. The second-order valence-electron chi connectivity index (χ2n) is 5.48. The number of nitrogens with one attached hydrogen (secondary N) is 1. The zero-order chi connectivity index (χ0) is 14.5. The van der Waals surface area contributed by atoms with Gasteiger partial charge in [0.1, 0.15) is 5.82 Å². The molecule has 1 unspecified atom stereocenters. The van der Waals surface area contributed by atoms with Gasteiger partial charge in [-0.3, -0.25) is 0 Å². The summed E-state index contributed by atoms with van der Waals surface area (Å²) in [6.07, 6.45) is 6.86. The van der Waals surface area contributed by atoms with E-state index in [0.717, 1.165) is 18.1 Å². The molecule has 1 atom stereocenters. The van der Waals surface area contributed by atoms with E-state index in [2.05, 4.69) is 22.1 Å². The molecule has 1 aromatic heterocycles. The maximum Gasteiger partial charge on any atom is 0.229 e. The molecule has 21 heavy (non-hydrogen) atoms. The van der Waals surface area contributed by atoms with Crippen molar-refractivity contribution in [3.8, 4) is 0 Å². The maximum absolute atomic E-state index is 4.69. The summed E-state index contributed by atoms with van der Waals surface area (Å²) in [5, 5.41) is 3.27. The van der Waals surface area contributed by atoms with Gasteiger partial charge in [-0.05, 0) is 43.9 Å². The average molecular weight is 282 g/mol. The summed E-state index contributed by atoms with van der Waals surface area (Å²) in [4.78, 5) is 11.5. The highest BCUT2D eigenvalue weighted by Crippen LogP contribution is 2.25. The summed E-state index contributed by atoms with van der Waals surface area (Å²) in [6, 6.07) is 12.7. The van der Waals surface area contributed by atoms with Gasteiger partial charge in [0.25, 0.3) is 0 Å². The molecule has 0 aliphatic carbocycles. The molecule has 1 N–H and O–H groups in total. The Morgan fingerprint density at radius 2 is 2.05 bits per heavy atom. The predicted molar refractivity (Wildman–Crippen MR) is 87.0 cm³/mol. The van der Waals surface area contributed by atoms with Gasteiger partial charge in [0.2, 0.25) is 5.95 Å². The number of hydrogen-bond donors (Lipinski definition) is 1. The lowest BCUT2D eigenvalue weighted by atomic mass is 10.0. The number of aromatic nitrogens is 2. The molecule has 3 rings (SSSR count). The molecule has 0 saturated carbocycles. The lowest BCUT2D eigenvalue weighted by Crippen LogP contribution is -2.39. The quantitative estimate of drug-likeness (QED) is 0.920. The van der Waals surface area contributed by atoms with Crippen molar-refractivity contribution in [2.45, 2.75) is 38.6 Å². The van der Waals surface area contributed by atoms with Crippen LogP contribution in [-0.2, 0) is 0 Å². The van der Waals surface area contributed by atoms with Crippen LogP contribution in [-0.4, -0.2) is 22.6 Å². The number of hydrogen-bond acceptors (Lipinski definition) is 4. The second kappa shape index (κ2) is 6.57. The molecule has 0 bridgehead atoms. The zero-order valence-electron chi connectivity index (χ0n) is 12.5. The Kier molecular flexibility index (Phi) is 4.34. The van der Waals surface area contributed by atoms with Gasteiger partial charge in [0.05, 0.1) is 0 Å². The van der Waals surface area contributed by atoms with Crippen molar-refractivity contribution >= 4 is 17.5 Å². The van der Waals surface area contributed by atoms with E-state index in [-0.39, 0.29) is 0 Å². The third-order valence-electron chi connectivity index (χ3n) is 4.06. The lowest BCUT2D eigenvalue weighted by Gasteiger charge is -2.36. The molecule has 4 heteroatoms. The molecule has 0 amide bonds. The normalized spacial score (nSPS) is 18.5. The number of benzene rings is 1. The number of anilines is 3. The topological polar surface area (TPSA) is 41.1 Å². The second-order valence-corrected chi connectivity index (χ2v) is 5.48. The molecule has 0 radical (unpaired) electrons. The molecule has 4 nitrogen and oxygen atoms in total. The van der Waals surface area contributed by atoms with Crippen molar-refractivity contribution in [3.05, 3.63) is 42.6 Å². The summed E-state index contributed by atoms with van der Waals surface area (Å²) >= 11 is 0. The summed E-state index contributed by atoms with van der Waals surface area (Å²) in [6.45, 7) is 3.35. The van der Waals surface area contributed by atoms with E-state index in [4.69, 9.17) is 4.98 Å². The minimum atomic E-state index is 0.609. The number of rotatable bonds is 4. The Morgan fingerprint density at radius 1 is 1.19 bits per heavy atom. The third kappa shape index (κ3) is 3.32. The van der Waals surface area contributed by atoms with Crippen molar-refractivity contribution in [1.82, 2.24) is 9.97 Å². The van der Waals surface area contributed by atoms with Crippen molar-refractivity contribution < 1.29 is 0 Å². The van der Waals surface area contributed by atoms with Crippen molar-refractivity contribution in [1.29, 1.82) is 0 Å². The molecule has 1 aliphatic heterocycles. The first kappa shape index (κ1) is 13.9. The van der Waals surface area contributed by atoms with Crippen LogP contribution in [0.1, 0.15) is 32.6 Å². The van der Waals surface area contributed by atoms with Gasteiger partial charge >= 0.3 is 0 Å². The molecule has 2 aromatic rings. The van der Waals surface area contributed by atoms with Crippen LogP contribution in [0.25, 0.3) is 0 Å². The van der Waals surface area contributed by atoms with E-state index < -0.39 is 0 Å². The molecule has 2 heterocycles. The Bertz CT molecular complexity index is 570. The van der Waals surface area contributed by atoms with E-state index in [0.29, 0.717) is 12.0 Å². The van der Waals surface area contributed by atoms with Crippen LogP contribution in [0.15, 0.2) is 42.6 Å². The van der Waals surface area contributed by atoms with Gasteiger partial charge in [-0.1, -0.05) is 25.1 Å². The van der Waals surface area contributed by atoms with E-state index in [1.807, 2.05) is 42.6 Å². The molecule has 1 fully saturated rings. The van der Waals surface area contributed by atoms with Crippen LogP contribution >= 0.6 is 0 Å². The molecular weight excluding hydrogens is 260 g/mol. The fourth-order valence-corrected chi connectivity index (χ4v) is 2.95. The number of para-hydroxylation sites is 1. The number of nitrogens with zero attached hydrogens (tertiary/aromatic N) is 3. The van der Waals surface area contributed by atoms with Gasteiger partial charge in [0.15, 0.2) is 0 Å². The van der Waals surface area contributed by atoms with Crippen LogP contribution in [0.3, 0.4) is 0 Å².